The topological polar surface area (TPSA) is 101 Å². The summed E-state index contributed by atoms with van der Waals surface area (Å²) in [6, 6.07) is 9.63. The van der Waals surface area contributed by atoms with E-state index >= 15 is 0 Å². The minimum Gasteiger partial charge on any atom is -0.469 e. The van der Waals surface area contributed by atoms with Crippen molar-refractivity contribution in [3.05, 3.63) is 57.5 Å². The van der Waals surface area contributed by atoms with Crippen LogP contribution in [-0.4, -0.2) is 41.3 Å². The minimum atomic E-state index is -0.479. The van der Waals surface area contributed by atoms with Gasteiger partial charge in [0.05, 0.1) is 25.0 Å². The summed E-state index contributed by atoms with van der Waals surface area (Å²) in [4.78, 5) is 41.7. The smallest absolute Gasteiger partial charge is 0.311 e. The Morgan fingerprint density at radius 2 is 1.96 bits per heavy atom. The van der Waals surface area contributed by atoms with Crippen LogP contribution in [0.2, 0.25) is 0 Å². The second-order valence-electron chi connectivity index (χ2n) is 6.58. The summed E-state index contributed by atoms with van der Waals surface area (Å²) >= 11 is 1.11. The number of carbonyl (C=O) groups is 2. The van der Waals surface area contributed by atoms with E-state index in [1.807, 2.05) is 0 Å². The van der Waals surface area contributed by atoms with E-state index in [4.69, 9.17) is 0 Å². The lowest BCUT2D eigenvalue weighted by Gasteiger charge is -2.08. The molecule has 150 valence electrons. The molecule has 0 saturated heterocycles. The van der Waals surface area contributed by atoms with Gasteiger partial charge in [0.25, 0.3) is 5.56 Å². The summed E-state index contributed by atoms with van der Waals surface area (Å²) in [5, 5.41) is 3.15. The minimum absolute atomic E-state index is 0.0875. The highest BCUT2D eigenvalue weighted by Gasteiger charge is 2.09. The number of carbonyl (C=O) groups excluding carboxylic acids is 2. The van der Waals surface area contributed by atoms with Crippen molar-refractivity contribution >= 4 is 23.6 Å². The van der Waals surface area contributed by atoms with E-state index < -0.39 is 5.97 Å². The molecular formula is C20H25N3O4S. The summed E-state index contributed by atoms with van der Waals surface area (Å²) < 4.78 is 4.57. The number of thioether (sulfide) groups is 1. The Morgan fingerprint density at radius 3 is 2.61 bits per heavy atom. The van der Waals surface area contributed by atoms with Crippen LogP contribution in [0.5, 0.6) is 0 Å². The second kappa shape index (κ2) is 10.7. The molecule has 2 N–H and O–H groups in total. The van der Waals surface area contributed by atoms with Crippen molar-refractivity contribution in [2.45, 2.75) is 37.8 Å². The number of ether oxygens (including phenoxy) is 1. The van der Waals surface area contributed by atoms with Gasteiger partial charge in [-0.2, -0.15) is 0 Å². The number of aromatic nitrogens is 2. The summed E-state index contributed by atoms with van der Waals surface area (Å²) in [6.45, 7) is 4.84. The number of hydrogen-bond donors (Lipinski definition) is 2. The van der Waals surface area contributed by atoms with Gasteiger partial charge in [-0.05, 0) is 23.5 Å². The fourth-order valence-electron chi connectivity index (χ4n) is 2.46. The molecule has 8 heteroatoms. The monoisotopic (exact) mass is 403 g/mol. The maximum absolute atomic E-state index is 12.0. The zero-order valence-corrected chi connectivity index (χ0v) is 17.1. The summed E-state index contributed by atoms with van der Waals surface area (Å²) in [5.74, 6) is -0.00771. The molecule has 0 aliphatic rings. The van der Waals surface area contributed by atoms with E-state index in [2.05, 4.69) is 58.1 Å². The average Bonchev–Trinajstić information content (AvgIpc) is 2.66. The number of H-pyrrole nitrogens is 1. The molecular weight excluding hydrogens is 378 g/mol. The van der Waals surface area contributed by atoms with Crippen molar-refractivity contribution in [1.82, 2.24) is 15.3 Å². The Kier molecular flexibility index (Phi) is 8.25. The molecule has 1 aromatic carbocycles. The van der Waals surface area contributed by atoms with Gasteiger partial charge in [0, 0.05) is 12.6 Å². The van der Waals surface area contributed by atoms with Crippen molar-refractivity contribution in [2.75, 3.05) is 19.4 Å². The van der Waals surface area contributed by atoms with Crippen LogP contribution in [0.1, 0.15) is 36.6 Å². The van der Waals surface area contributed by atoms with E-state index in [1.54, 1.807) is 0 Å². The average molecular weight is 404 g/mol. The first-order chi connectivity index (χ1) is 13.4. The highest BCUT2D eigenvalue weighted by molar-refractivity contribution is 7.99. The molecule has 0 atom stereocenters. The number of esters is 1. The zero-order valence-electron chi connectivity index (χ0n) is 16.3. The third-order valence-electron chi connectivity index (χ3n) is 4.05. The molecule has 1 heterocycles. The number of nitrogens with zero attached hydrogens (tertiary/aromatic N) is 1. The number of aromatic amines is 1. The van der Waals surface area contributed by atoms with Crippen LogP contribution < -0.4 is 10.9 Å². The largest absolute Gasteiger partial charge is 0.469 e. The van der Waals surface area contributed by atoms with Crippen molar-refractivity contribution in [2.24, 2.45) is 0 Å². The lowest BCUT2D eigenvalue weighted by molar-refractivity contribution is -0.139. The Labute approximate surface area is 168 Å². The molecule has 0 aliphatic carbocycles. The van der Waals surface area contributed by atoms with Crippen molar-refractivity contribution < 1.29 is 14.3 Å². The van der Waals surface area contributed by atoms with Gasteiger partial charge in [-0.25, -0.2) is 4.98 Å². The van der Waals surface area contributed by atoms with E-state index in [0.717, 1.165) is 18.2 Å². The lowest BCUT2D eigenvalue weighted by Crippen LogP contribution is -2.27. The number of methoxy groups -OCH3 is 1. The highest BCUT2D eigenvalue weighted by atomic mass is 32.2. The van der Waals surface area contributed by atoms with Gasteiger partial charge in [-0.1, -0.05) is 49.9 Å². The van der Waals surface area contributed by atoms with Crippen LogP contribution in [-0.2, 0) is 27.2 Å². The Balaban J connectivity index is 1.79. The number of amides is 1. The molecule has 2 aromatic rings. The second-order valence-corrected chi connectivity index (χ2v) is 7.54. The van der Waals surface area contributed by atoms with Gasteiger partial charge in [0.1, 0.15) is 0 Å². The first-order valence-corrected chi connectivity index (χ1v) is 10.0. The fourth-order valence-corrected chi connectivity index (χ4v) is 3.19. The van der Waals surface area contributed by atoms with Gasteiger partial charge >= 0.3 is 5.97 Å². The maximum Gasteiger partial charge on any atom is 0.311 e. The van der Waals surface area contributed by atoms with Crippen LogP contribution in [0.4, 0.5) is 0 Å². The molecule has 0 bridgehead atoms. The molecule has 0 unspecified atom stereocenters. The van der Waals surface area contributed by atoms with Gasteiger partial charge < -0.3 is 15.0 Å². The van der Waals surface area contributed by atoms with Gasteiger partial charge in [-0.15, -0.1) is 0 Å². The molecule has 0 spiro atoms. The summed E-state index contributed by atoms with van der Waals surface area (Å²) in [7, 11) is 1.27. The number of hydrogen-bond acceptors (Lipinski definition) is 6. The van der Waals surface area contributed by atoms with Crippen molar-refractivity contribution in [3.8, 4) is 0 Å². The zero-order chi connectivity index (χ0) is 20.5. The third-order valence-corrected chi connectivity index (χ3v) is 4.92. The summed E-state index contributed by atoms with van der Waals surface area (Å²) in [6.07, 6.45) is 0.661. The van der Waals surface area contributed by atoms with Gasteiger partial charge in [-0.3, -0.25) is 14.4 Å². The number of rotatable bonds is 9. The molecule has 2 rings (SSSR count). The van der Waals surface area contributed by atoms with Gasteiger partial charge in [0.2, 0.25) is 5.91 Å². The fraction of sp³-hybridized carbons (Fsp3) is 0.400. The quantitative estimate of drug-likeness (QED) is 0.378. The van der Waals surface area contributed by atoms with Gasteiger partial charge in [0.15, 0.2) is 5.16 Å². The van der Waals surface area contributed by atoms with Crippen LogP contribution in [0.3, 0.4) is 0 Å². The standard InChI is InChI=1S/C20H25N3O4S/c1-13(2)15-6-4-14(5-7-15)8-9-21-18(25)12-28-20-22-16(10-17(24)23-20)11-19(26)27-3/h4-7,10,13H,8-9,11-12H2,1-3H3,(H,21,25)(H,22,23,24). The van der Waals surface area contributed by atoms with Crippen molar-refractivity contribution in [1.29, 1.82) is 0 Å². The van der Waals surface area contributed by atoms with E-state index in [0.29, 0.717) is 23.3 Å². The van der Waals surface area contributed by atoms with Crippen LogP contribution >= 0.6 is 11.8 Å². The molecule has 28 heavy (non-hydrogen) atoms. The van der Waals surface area contributed by atoms with E-state index in [-0.39, 0.29) is 23.6 Å². The predicted molar refractivity (Wildman–Crippen MR) is 109 cm³/mol. The molecule has 1 aromatic heterocycles. The SMILES string of the molecule is COC(=O)Cc1cc(=O)[nH]c(SCC(=O)NCCc2ccc(C(C)C)cc2)n1. The Hall–Kier alpha value is -2.61. The molecule has 1 amide bonds. The van der Waals surface area contributed by atoms with Crippen LogP contribution in [0, 0.1) is 0 Å². The molecule has 0 aliphatic heterocycles. The van der Waals surface area contributed by atoms with Crippen LogP contribution in [0.25, 0.3) is 0 Å². The highest BCUT2D eigenvalue weighted by Crippen LogP contribution is 2.15. The van der Waals surface area contributed by atoms with Crippen LogP contribution in [0.15, 0.2) is 40.3 Å². The number of benzene rings is 1. The molecule has 7 nitrogen and oxygen atoms in total. The number of nitrogens with one attached hydrogen (secondary N) is 2. The predicted octanol–water partition coefficient (Wildman–Crippen LogP) is 2.06. The van der Waals surface area contributed by atoms with E-state index in [1.165, 1.54) is 24.3 Å². The Morgan fingerprint density at radius 1 is 1.25 bits per heavy atom. The normalized spacial score (nSPS) is 10.7. The lowest BCUT2D eigenvalue weighted by atomic mass is 10.0. The first kappa shape index (κ1) is 21.7. The first-order valence-electron chi connectivity index (χ1n) is 9.02. The molecule has 0 fully saturated rings. The van der Waals surface area contributed by atoms with Crippen molar-refractivity contribution in [3.63, 3.8) is 0 Å². The maximum atomic E-state index is 12.0. The Bertz CT molecular complexity index is 862. The third kappa shape index (κ3) is 7.19. The van der Waals surface area contributed by atoms with E-state index in [9.17, 15) is 14.4 Å². The summed E-state index contributed by atoms with van der Waals surface area (Å²) in [5.41, 5.74) is 2.39. The molecule has 0 radical (unpaired) electrons. The molecule has 0 saturated carbocycles.